The molecule has 0 fully saturated rings. The number of thioether (sulfide) groups is 1. The number of benzene rings is 2. The monoisotopic (exact) mass is 392 g/mol. The zero-order valence-corrected chi connectivity index (χ0v) is 15.1. The van der Waals surface area contributed by atoms with Crippen LogP contribution < -0.4 is 10.2 Å². The van der Waals surface area contributed by atoms with Gasteiger partial charge >= 0.3 is 0 Å². The van der Waals surface area contributed by atoms with Crippen LogP contribution in [-0.2, 0) is 10.5 Å². The van der Waals surface area contributed by atoms with Gasteiger partial charge in [0, 0.05) is 10.2 Å². The topological polar surface area (TPSA) is 50.7 Å². The normalized spacial score (nSPS) is 10.7. The number of methoxy groups -OCH3 is 1. The molecular formula is C17H17BrN2O2S. The van der Waals surface area contributed by atoms with Gasteiger partial charge in [-0.05, 0) is 35.4 Å². The van der Waals surface area contributed by atoms with Crippen LogP contribution in [0, 0.1) is 0 Å². The van der Waals surface area contributed by atoms with Gasteiger partial charge in [-0.1, -0.05) is 40.2 Å². The first-order chi connectivity index (χ1) is 11.2. The van der Waals surface area contributed by atoms with Crippen LogP contribution in [0.1, 0.15) is 11.1 Å². The van der Waals surface area contributed by atoms with Crippen molar-refractivity contribution < 1.29 is 9.53 Å². The van der Waals surface area contributed by atoms with Crippen molar-refractivity contribution in [3.63, 3.8) is 0 Å². The maximum atomic E-state index is 11.7. The summed E-state index contributed by atoms with van der Waals surface area (Å²) >= 11 is 4.98. The van der Waals surface area contributed by atoms with E-state index in [9.17, 15) is 4.79 Å². The first kappa shape index (κ1) is 17.6. The van der Waals surface area contributed by atoms with E-state index >= 15 is 0 Å². The van der Waals surface area contributed by atoms with Gasteiger partial charge in [0.25, 0.3) is 0 Å². The van der Waals surface area contributed by atoms with Gasteiger partial charge < -0.3 is 4.74 Å². The van der Waals surface area contributed by atoms with Crippen LogP contribution in [0.15, 0.2) is 58.1 Å². The van der Waals surface area contributed by atoms with Crippen LogP contribution >= 0.6 is 27.7 Å². The first-order valence-corrected chi connectivity index (χ1v) is 8.90. The Labute approximate surface area is 148 Å². The summed E-state index contributed by atoms with van der Waals surface area (Å²) in [6.45, 7) is 0. The summed E-state index contributed by atoms with van der Waals surface area (Å²) < 4.78 is 6.17. The Balaban J connectivity index is 1.73. The molecule has 2 rings (SSSR count). The molecule has 0 bridgehead atoms. The van der Waals surface area contributed by atoms with Crippen LogP contribution in [0.5, 0.6) is 5.75 Å². The molecule has 0 aromatic heterocycles. The van der Waals surface area contributed by atoms with E-state index < -0.39 is 0 Å². The van der Waals surface area contributed by atoms with Gasteiger partial charge in [0.05, 0.1) is 19.1 Å². The number of rotatable bonds is 7. The summed E-state index contributed by atoms with van der Waals surface area (Å²) in [5.41, 5.74) is 4.57. The van der Waals surface area contributed by atoms with Crippen molar-refractivity contribution in [1.82, 2.24) is 5.43 Å². The molecule has 2 aromatic rings. The highest BCUT2D eigenvalue weighted by molar-refractivity contribution is 9.10. The molecule has 0 spiro atoms. The molecule has 0 radical (unpaired) electrons. The van der Waals surface area contributed by atoms with Gasteiger partial charge in [0.1, 0.15) is 5.75 Å². The maximum Gasteiger partial charge on any atom is 0.250 e. The van der Waals surface area contributed by atoms with Crippen LogP contribution in [0.4, 0.5) is 0 Å². The molecule has 1 amide bonds. The zero-order chi connectivity index (χ0) is 16.5. The summed E-state index contributed by atoms with van der Waals surface area (Å²) in [4.78, 5) is 11.7. The Morgan fingerprint density at radius 2 is 2.13 bits per heavy atom. The number of ether oxygens (including phenoxy) is 1. The summed E-state index contributed by atoms with van der Waals surface area (Å²) in [5.74, 6) is 1.78. The number of hydrogen-bond acceptors (Lipinski definition) is 4. The van der Waals surface area contributed by atoms with E-state index in [2.05, 4.69) is 26.5 Å². The second-order valence-corrected chi connectivity index (χ2v) is 6.59. The summed E-state index contributed by atoms with van der Waals surface area (Å²) in [5, 5.41) is 3.96. The van der Waals surface area contributed by atoms with Crippen molar-refractivity contribution in [3.8, 4) is 5.75 Å². The lowest BCUT2D eigenvalue weighted by Crippen LogP contribution is -2.19. The van der Waals surface area contributed by atoms with Crippen molar-refractivity contribution in [1.29, 1.82) is 0 Å². The van der Waals surface area contributed by atoms with Gasteiger partial charge in [-0.25, -0.2) is 5.43 Å². The number of hydrogen-bond donors (Lipinski definition) is 1. The molecule has 0 aliphatic carbocycles. The molecule has 1 N–H and O–H groups in total. The summed E-state index contributed by atoms with van der Waals surface area (Å²) in [6.07, 6.45) is 1.60. The zero-order valence-electron chi connectivity index (χ0n) is 12.7. The number of hydrazone groups is 1. The third kappa shape index (κ3) is 6.46. The Hall–Kier alpha value is -1.79. The molecule has 0 atom stereocenters. The molecule has 0 unspecified atom stereocenters. The van der Waals surface area contributed by atoms with E-state index in [1.807, 2.05) is 48.5 Å². The Morgan fingerprint density at radius 3 is 2.91 bits per heavy atom. The molecule has 23 heavy (non-hydrogen) atoms. The first-order valence-electron chi connectivity index (χ1n) is 6.95. The number of nitrogens with zero attached hydrogens (tertiary/aromatic N) is 1. The SMILES string of the molecule is COc1cccc(C=NNC(=O)CSCc2cccc(Br)c2)c1. The quantitative estimate of drug-likeness (QED) is 0.575. The highest BCUT2D eigenvalue weighted by Crippen LogP contribution is 2.16. The average Bonchev–Trinajstić information content (AvgIpc) is 2.55. The predicted octanol–water partition coefficient (Wildman–Crippen LogP) is 3.84. The van der Waals surface area contributed by atoms with E-state index in [1.165, 1.54) is 5.56 Å². The molecule has 0 heterocycles. The second kappa shape index (κ2) is 9.37. The van der Waals surface area contributed by atoms with Crippen molar-refractivity contribution in [2.45, 2.75) is 5.75 Å². The Bertz CT molecular complexity index is 692. The van der Waals surface area contributed by atoms with Crippen LogP contribution in [-0.4, -0.2) is 25.0 Å². The fourth-order valence-corrected chi connectivity index (χ4v) is 3.04. The van der Waals surface area contributed by atoms with Crippen molar-refractivity contribution in [3.05, 3.63) is 64.1 Å². The minimum Gasteiger partial charge on any atom is -0.497 e. The van der Waals surface area contributed by atoms with Crippen LogP contribution in [0.3, 0.4) is 0 Å². The molecule has 4 nitrogen and oxygen atoms in total. The predicted molar refractivity (Wildman–Crippen MR) is 99.0 cm³/mol. The molecule has 0 aliphatic heterocycles. The number of carbonyl (C=O) groups excluding carboxylic acids is 1. The Morgan fingerprint density at radius 1 is 1.30 bits per heavy atom. The molecular weight excluding hydrogens is 376 g/mol. The van der Waals surface area contributed by atoms with E-state index in [-0.39, 0.29) is 5.91 Å². The molecule has 0 aliphatic rings. The van der Waals surface area contributed by atoms with Crippen molar-refractivity contribution in [2.24, 2.45) is 5.10 Å². The third-order valence-electron chi connectivity index (χ3n) is 2.89. The molecule has 120 valence electrons. The number of halogens is 1. The van der Waals surface area contributed by atoms with E-state index in [1.54, 1.807) is 25.1 Å². The lowest BCUT2D eigenvalue weighted by atomic mass is 10.2. The van der Waals surface area contributed by atoms with Gasteiger partial charge in [-0.15, -0.1) is 11.8 Å². The highest BCUT2D eigenvalue weighted by atomic mass is 79.9. The maximum absolute atomic E-state index is 11.7. The minimum atomic E-state index is -0.121. The lowest BCUT2D eigenvalue weighted by molar-refractivity contribution is -0.118. The largest absolute Gasteiger partial charge is 0.497 e. The standard InChI is InChI=1S/C17H17BrN2O2S/c1-22-16-7-3-4-13(9-16)10-19-20-17(21)12-23-11-14-5-2-6-15(18)8-14/h2-10H,11-12H2,1H3,(H,20,21). The molecule has 6 heteroatoms. The molecule has 0 saturated heterocycles. The molecule has 2 aromatic carbocycles. The van der Waals surface area contributed by atoms with Gasteiger partial charge in [-0.2, -0.15) is 5.10 Å². The van der Waals surface area contributed by atoms with Gasteiger partial charge in [-0.3, -0.25) is 4.79 Å². The average molecular weight is 393 g/mol. The van der Waals surface area contributed by atoms with Gasteiger partial charge in [0.2, 0.25) is 5.91 Å². The summed E-state index contributed by atoms with van der Waals surface area (Å²) in [7, 11) is 1.61. The number of nitrogens with one attached hydrogen (secondary N) is 1. The van der Waals surface area contributed by atoms with Crippen molar-refractivity contribution >= 4 is 39.8 Å². The van der Waals surface area contributed by atoms with E-state index in [4.69, 9.17) is 4.74 Å². The fraction of sp³-hybridized carbons (Fsp3) is 0.176. The van der Waals surface area contributed by atoms with Gasteiger partial charge in [0.15, 0.2) is 0 Å². The number of amides is 1. The Kier molecular flexibility index (Phi) is 7.16. The lowest BCUT2D eigenvalue weighted by Gasteiger charge is -2.02. The third-order valence-corrected chi connectivity index (χ3v) is 4.38. The van der Waals surface area contributed by atoms with Crippen LogP contribution in [0.25, 0.3) is 0 Å². The van der Waals surface area contributed by atoms with Crippen molar-refractivity contribution in [2.75, 3.05) is 12.9 Å². The minimum absolute atomic E-state index is 0.121. The van der Waals surface area contributed by atoms with Crippen LogP contribution in [0.2, 0.25) is 0 Å². The molecule has 0 saturated carbocycles. The second-order valence-electron chi connectivity index (χ2n) is 4.69. The summed E-state index contributed by atoms with van der Waals surface area (Å²) in [6, 6.07) is 15.5. The number of carbonyl (C=O) groups is 1. The van der Waals surface area contributed by atoms with E-state index in [0.29, 0.717) is 5.75 Å². The smallest absolute Gasteiger partial charge is 0.250 e. The van der Waals surface area contributed by atoms with E-state index in [0.717, 1.165) is 21.5 Å². The fourth-order valence-electron chi connectivity index (χ4n) is 1.82. The highest BCUT2D eigenvalue weighted by Gasteiger charge is 2.01.